The second-order valence-electron chi connectivity index (χ2n) is 5.50. The zero-order valence-electron chi connectivity index (χ0n) is 12.2. The normalized spacial score (nSPS) is 12.1. The van der Waals surface area contributed by atoms with Crippen molar-refractivity contribution in [2.75, 3.05) is 13.2 Å². The van der Waals surface area contributed by atoms with E-state index >= 15 is 0 Å². The molecule has 0 saturated carbocycles. The van der Waals surface area contributed by atoms with Gasteiger partial charge in [0.1, 0.15) is 12.2 Å². The summed E-state index contributed by atoms with van der Waals surface area (Å²) in [5.74, 6) is 0.757. The Labute approximate surface area is 132 Å². The van der Waals surface area contributed by atoms with Gasteiger partial charge < -0.3 is 10.2 Å². The molecule has 114 valence electrons. The number of nitrogens with zero attached hydrogens (tertiary/aromatic N) is 3. The van der Waals surface area contributed by atoms with Crippen LogP contribution in [-0.2, 0) is 11.8 Å². The number of halogens is 1. The van der Waals surface area contributed by atoms with Gasteiger partial charge in [0.25, 0.3) is 0 Å². The van der Waals surface area contributed by atoms with Crippen molar-refractivity contribution in [2.45, 2.75) is 31.7 Å². The molecule has 21 heavy (non-hydrogen) atoms. The summed E-state index contributed by atoms with van der Waals surface area (Å²) in [6.45, 7) is 3.73. The van der Waals surface area contributed by atoms with E-state index in [1.807, 2.05) is 42.8 Å². The third-order valence-electron chi connectivity index (χ3n) is 3.68. The highest BCUT2D eigenvalue weighted by Crippen LogP contribution is 2.29. The number of aromatic nitrogens is 3. The molecule has 5 nitrogen and oxygen atoms in total. The average molecular weight is 354 g/mol. The Balaban J connectivity index is 2.41. The second kappa shape index (κ2) is 6.68. The van der Waals surface area contributed by atoms with Crippen LogP contribution in [0.2, 0.25) is 0 Å². The molecule has 0 unspecified atom stereocenters. The molecule has 0 bridgehead atoms. The Bertz CT molecular complexity index is 594. The first-order chi connectivity index (χ1) is 10.0. The van der Waals surface area contributed by atoms with Crippen molar-refractivity contribution in [1.29, 1.82) is 0 Å². The molecule has 6 heteroatoms. The molecule has 1 aromatic carbocycles. The Kier molecular flexibility index (Phi) is 5.13. The summed E-state index contributed by atoms with van der Waals surface area (Å²) in [6.07, 6.45) is 1.93. The van der Waals surface area contributed by atoms with E-state index in [0.717, 1.165) is 15.9 Å². The molecule has 2 N–H and O–H groups in total. The first-order valence-corrected chi connectivity index (χ1v) is 7.68. The summed E-state index contributed by atoms with van der Waals surface area (Å²) in [6, 6.07) is 7.82. The Morgan fingerprint density at radius 1 is 1.29 bits per heavy atom. The molecule has 2 rings (SSSR count). The van der Waals surface area contributed by atoms with E-state index in [9.17, 15) is 10.2 Å². The van der Waals surface area contributed by atoms with Crippen LogP contribution in [0.25, 0.3) is 0 Å². The number of hydrogen-bond donors (Lipinski definition) is 2. The number of hydrogen-bond acceptors (Lipinski definition) is 4. The van der Waals surface area contributed by atoms with Gasteiger partial charge in [-0.05, 0) is 31.5 Å². The number of rotatable bonds is 6. The van der Waals surface area contributed by atoms with Gasteiger partial charge in [0, 0.05) is 22.4 Å². The molecule has 0 saturated heterocycles. The predicted molar refractivity (Wildman–Crippen MR) is 84.1 cm³/mol. The van der Waals surface area contributed by atoms with Crippen LogP contribution in [0.3, 0.4) is 0 Å². The molecule has 0 atom stereocenters. The topological polar surface area (TPSA) is 71.2 Å². The van der Waals surface area contributed by atoms with Crippen LogP contribution in [0.4, 0.5) is 0 Å². The minimum atomic E-state index is -0.774. The standard InChI is InChI=1S/C15H20BrN3O2/c1-11(2)19-14(17-10-18-19)7-15(8-20,9-21)12-4-3-5-13(16)6-12/h3-6,10-11,20-21H,7-9H2,1-2H3. The fourth-order valence-corrected chi connectivity index (χ4v) is 2.80. The van der Waals surface area contributed by atoms with Gasteiger partial charge in [-0.1, -0.05) is 28.1 Å². The van der Waals surface area contributed by atoms with Crippen molar-refractivity contribution in [3.05, 3.63) is 46.5 Å². The Morgan fingerprint density at radius 2 is 2.00 bits per heavy atom. The lowest BCUT2D eigenvalue weighted by Gasteiger charge is -2.30. The highest BCUT2D eigenvalue weighted by atomic mass is 79.9. The summed E-state index contributed by atoms with van der Waals surface area (Å²) in [5, 5.41) is 24.0. The van der Waals surface area contributed by atoms with Gasteiger partial charge in [-0.15, -0.1) is 0 Å². The van der Waals surface area contributed by atoms with E-state index in [2.05, 4.69) is 26.0 Å². The zero-order chi connectivity index (χ0) is 15.5. The molecule has 1 aromatic heterocycles. The van der Waals surface area contributed by atoms with E-state index in [1.165, 1.54) is 6.33 Å². The van der Waals surface area contributed by atoms with Gasteiger partial charge >= 0.3 is 0 Å². The van der Waals surface area contributed by atoms with Crippen molar-refractivity contribution in [3.63, 3.8) is 0 Å². The van der Waals surface area contributed by atoms with Crippen LogP contribution in [0.15, 0.2) is 35.1 Å². The van der Waals surface area contributed by atoms with Crippen LogP contribution < -0.4 is 0 Å². The number of aliphatic hydroxyl groups is 2. The quantitative estimate of drug-likeness (QED) is 0.833. The van der Waals surface area contributed by atoms with Gasteiger partial charge in [0.15, 0.2) is 0 Å². The average Bonchev–Trinajstić information content (AvgIpc) is 2.93. The van der Waals surface area contributed by atoms with Crippen molar-refractivity contribution < 1.29 is 10.2 Å². The molecule has 0 aliphatic rings. The lowest BCUT2D eigenvalue weighted by molar-refractivity contribution is 0.113. The van der Waals surface area contributed by atoms with Crippen LogP contribution in [0, 0.1) is 0 Å². The lowest BCUT2D eigenvalue weighted by Crippen LogP contribution is -2.38. The van der Waals surface area contributed by atoms with Crippen LogP contribution >= 0.6 is 15.9 Å². The maximum atomic E-state index is 9.92. The van der Waals surface area contributed by atoms with E-state index in [1.54, 1.807) is 0 Å². The Hall–Kier alpha value is -1.24. The molecule has 1 heterocycles. The predicted octanol–water partition coefficient (Wildman–Crippen LogP) is 2.09. The minimum Gasteiger partial charge on any atom is -0.395 e. The summed E-state index contributed by atoms with van der Waals surface area (Å²) >= 11 is 3.43. The largest absolute Gasteiger partial charge is 0.395 e. The van der Waals surface area contributed by atoms with Crippen LogP contribution in [0.1, 0.15) is 31.3 Å². The van der Waals surface area contributed by atoms with E-state index < -0.39 is 5.41 Å². The smallest absolute Gasteiger partial charge is 0.138 e. The van der Waals surface area contributed by atoms with E-state index in [0.29, 0.717) is 6.42 Å². The van der Waals surface area contributed by atoms with E-state index in [4.69, 9.17) is 0 Å². The third-order valence-corrected chi connectivity index (χ3v) is 4.17. The molecule has 0 fully saturated rings. The molecule has 2 aromatic rings. The minimum absolute atomic E-state index is 0.162. The molecule has 0 aliphatic heterocycles. The zero-order valence-corrected chi connectivity index (χ0v) is 13.8. The molecular formula is C15H20BrN3O2. The summed E-state index contributed by atoms with van der Waals surface area (Å²) < 4.78 is 2.73. The van der Waals surface area contributed by atoms with E-state index in [-0.39, 0.29) is 19.3 Å². The highest BCUT2D eigenvalue weighted by Gasteiger charge is 2.33. The summed E-state index contributed by atoms with van der Waals surface area (Å²) in [7, 11) is 0. The van der Waals surface area contributed by atoms with Crippen molar-refractivity contribution in [1.82, 2.24) is 14.8 Å². The fraction of sp³-hybridized carbons (Fsp3) is 0.467. The summed E-state index contributed by atoms with van der Waals surface area (Å²) in [5.41, 5.74) is 0.101. The number of benzene rings is 1. The fourth-order valence-electron chi connectivity index (χ4n) is 2.40. The monoisotopic (exact) mass is 353 g/mol. The van der Waals surface area contributed by atoms with Gasteiger partial charge in [0.2, 0.25) is 0 Å². The molecule has 0 amide bonds. The van der Waals surface area contributed by atoms with Gasteiger partial charge in [-0.25, -0.2) is 9.67 Å². The molecule has 0 spiro atoms. The van der Waals surface area contributed by atoms with Gasteiger partial charge in [-0.2, -0.15) is 5.10 Å². The lowest BCUT2D eigenvalue weighted by atomic mass is 9.78. The summed E-state index contributed by atoms with van der Waals surface area (Å²) in [4.78, 5) is 4.28. The first kappa shape index (κ1) is 16.1. The molecule has 0 aliphatic carbocycles. The number of aliphatic hydroxyl groups excluding tert-OH is 2. The molecular weight excluding hydrogens is 334 g/mol. The van der Waals surface area contributed by atoms with Crippen molar-refractivity contribution >= 4 is 15.9 Å². The van der Waals surface area contributed by atoms with Gasteiger partial charge in [0.05, 0.1) is 13.2 Å². The van der Waals surface area contributed by atoms with Crippen LogP contribution in [0.5, 0.6) is 0 Å². The third kappa shape index (κ3) is 3.33. The van der Waals surface area contributed by atoms with Gasteiger partial charge in [-0.3, -0.25) is 0 Å². The highest BCUT2D eigenvalue weighted by molar-refractivity contribution is 9.10. The second-order valence-corrected chi connectivity index (χ2v) is 6.41. The maximum absolute atomic E-state index is 9.92. The van der Waals surface area contributed by atoms with Crippen LogP contribution in [-0.4, -0.2) is 38.2 Å². The van der Waals surface area contributed by atoms with Crippen molar-refractivity contribution in [3.8, 4) is 0 Å². The first-order valence-electron chi connectivity index (χ1n) is 6.88. The SMILES string of the molecule is CC(C)n1ncnc1CC(CO)(CO)c1cccc(Br)c1. The Morgan fingerprint density at radius 3 is 2.57 bits per heavy atom. The van der Waals surface area contributed by atoms with Crippen molar-refractivity contribution in [2.24, 2.45) is 0 Å². The maximum Gasteiger partial charge on any atom is 0.138 e. The molecule has 0 radical (unpaired) electrons.